The summed E-state index contributed by atoms with van der Waals surface area (Å²) in [5.41, 5.74) is 1.19. The SMILES string of the molecule is OCC(O)(CN1CCN(c2ccc(Cl)cc2Cl)[C@H](c2ccc(Cl)cc2)C1)c1ccc(Cl)cc1. The molecule has 2 atom stereocenters. The number of hydrogen-bond donors (Lipinski definition) is 2. The highest BCUT2D eigenvalue weighted by molar-refractivity contribution is 6.36. The van der Waals surface area contributed by atoms with Crippen molar-refractivity contribution in [1.82, 2.24) is 4.90 Å². The first kappa shape index (κ1) is 24.6. The number of aliphatic hydroxyl groups is 2. The van der Waals surface area contributed by atoms with Crippen molar-refractivity contribution in [3.05, 3.63) is 97.9 Å². The van der Waals surface area contributed by atoms with Gasteiger partial charge >= 0.3 is 0 Å². The van der Waals surface area contributed by atoms with Gasteiger partial charge in [0.25, 0.3) is 0 Å². The van der Waals surface area contributed by atoms with E-state index in [2.05, 4.69) is 9.80 Å². The van der Waals surface area contributed by atoms with Crippen LogP contribution in [0, 0.1) is 0 Å². The number of hydrogen-bond acceptors (Lipinski definition) is 4. The maximum atomic E-state index is 11.3. The van der Waals surface area contributed by atoms with Crippen molar-refractivity contribution in [2.24, 2.45) is 0 Å². The number of anilines is 1. The average Bonchev–Trinajstić information content (AvgIpc) is 2.80. The molecule has 0 aromatic heterocycles. The third-order valence-corrected chi connectivity index (χ3v) is 7.11. The molecule has 33 heavy (non-hydrogen) atoms. The van der Waals surface area contributed by atoms with E-state index in [1.165, 1.54) is 0 Å². The van der Waals surface area contributed by atoms with Crippen molar-refractivity contribution in [3.8, 4) is 0 Å². The number of piperazine rings is 1. The van der Waals surface area contributed by atoms with Gasteiger partial charge in [0.2, 0.25) is 0 Å². The molecule has 1 heterocycles. The third-order valence-electron chi connectivity index (χ3n) is 6.07. The highest BCUT2D eigenvalue weighted by atomic mass is 35.5. The van der Waals surface area contributed by atoms with Crippen molar-refractivity contribution in [3.63, 3.8) is 0 Å². The van der Waals surface area contributed by atoms with Crippen LogP contribution in [-0.2, 0) is 5.60 Å². The minimum absolute atomic E-state index is 0.0390. The zero-order valence-corrected chi connectivity index (χ0v) is 20.8. The van der Waals surface area contributed by atoms with Crippen LogP contribution < -0.4 is 4.90 Å². The quantitative estimate of drug-likeness (QED) is 0.411. The topological polar surface area (TPSA) is 46.9 Å². The Morgan fingerprint density at radius 3 is 2.03 bits per heavy atom. The van der Waals surface area contributed by atoms with Crippen molar-refractivity contribution >= 4 is 52.1 Å². The Hall–Kier alpha value is -1.50. The second-order valence-corrected chi connectivity index (χ2v) is 10.0. The van der Waals surface area contributed by atoms with Gasteiger partial charge in [-0.05, 0) is 53.6 Å². The number of benzene rings is 3. The van der Waals surface area contributed by atoms with Crippen molar-refractivity contribution < 1.29 is 10.2 Å². The van der Waals surface area contributed by atoms with Gasteiger partial charge in [0.05, 0.1) is 23.4 Å². The van der Waals surface area contributed by atoms with Crippen LogP contribution in [0.1, 0.15) is 17.2 Å². The lowest BCUT2D eigenvalue weighted by Gasteiger charge is -2.45. The zero-order chi connectivity index (χ0) is 23.6. The van der Waals surface area contributed by atoms with E-state index >= 15 is 0 Å². The van der Waals surface area contributed by atoms with Crippen LogP contribution in [0.5, 0.6) is 0 Å². The third kappa shape index (κ3) is 5.60. The summed E-state index contributed by atoms with van der Waals surface area (Å²) in [7, 11) is 0. The molecule has 8 heteroatoms. The van der Waals surface area contributed by atoms with E-state index in [4.69, 9.17) is 46.4 Å². The molecule has 0 spiro atoms. The molecule has 0 amide bonds. The monoisotopic (exact) mass is 524 g/mol. The van der Waals surface area contributed by atoms with Crippen LogP contribution in [0.4, 0.5) is 5.69 Å². The smallest absolute Gasteiger partial charge is 0.125 e. The Morgan fingerprint density at radius 2 is 1.42 bits per heavy atom. The van der Waals surface area contributed by atoms with Gasteiger partial charge in [0, 0.05) is 41.2 Å². The van der Waals surface area contributed by atoms with Gasteiger partial charge in [-0.15, -0.1) is 0 Å². The van der Waals surface area contributed by atoms with E-state index in [1.54, 1.807) is 30.3 Å². The summed E-state index contributed by atoms with van der Waals surface area (Å²) in [6, 6.07) is 20.2. The van der Waals surface area contributed by atoms with Crippen molar-refractivity contribution in [2.75, 3.05) is 37.7 Å². The van der Waals surface area contributed by atoms with Crippen LogP contribution >= 0.6 is 46.4 Å². The van der Waals surface area contributed by atoms with Crippen LogP contribution in [0.3, 0.4) is 0 Å². The normalized spacial score (nSPS) is 18.8. The summed E-state index contributed by atoms with van der Waals surface area (Å²) in [5.74, 6) is 0. The van der Waals surface area contributed by atoms with Crippen LogP contribution in [0.15, 0.2) is 66.7 Å². The van der Waals surface area contributed by atoms with Gasteiger partial charge in [0.1, 0.15) is 5.60 Å². The summed E-state index contributed by atoms with van der Waals surface area (Å²) < 4.78 is 0. The molecule has 4 rings (SSSR count). The van der Waals surface area contributed by atoms with Crippen molar-refractivity contribution in [2.45, 2.75) is 11.6 Å². The summed E-state index contributed by atoms with van der Waals surface area (Å²) in [4.78, 5) is 4.41. The Morgan fingerprint density at radius 1 is 0.818 bits per heavy atom. The molecule has 174 valence electrons. The maximum absolute atomic E-state index is 11.3. The number of rotatable bonds is 6. The largest absolute Gasteiger partial charge is 0.393 e. The Balaban J connectivity index is 1.63. The first-order valence-electron chi connectivity index (χ1n) is 10.6. The molecule has 1 fully saturated rings. The van der Waals surface area contributed by atoms with Crippen LogP contribution in [-0.4, -0.2) is 47.9 Å². The second kappa shape index (κ2) is 10.4. The fourth-order valence-corrected chi connectivity index (χ4v) is 5.09. The van der Waals surface area contributed by atoms with E-state index in [1.807, 2.05) is 36.4 Å². The Bertz CT molecular complexity index is 1090. The average molecular weight is 526 g/mol. The van der Waals surface area contributed by atoms with Crippen LogP contribution in [0.2, 0.25) is 20.1 Å². The first-order valence-corrected chi connectivity index (χ1v) is 12.1. The molecule has 1 saturated heterocycles. The first-order chi connectivity index (χ1) is 15.8. The van der Waals surface area contributed by atoms with E-state index in [0.29, 0.717) is 45.3 Å². The summed E-state index contributed by atoms with van der Waals surface area (Å²) >= 11 is 24.8. The number of nitrogens with zero attached hydrogens (tertiary/aromatic N) is 2. The molecule has 1 unspecified atom stereocenters. The fraction of sp³-hybridized carbons (Fsp3) is 0.280. The van der Waals surface area contributed by atoms with E-state index < -0.39 is 12.2 Å². The summed E-state index contributed by atoms with van der Waals surface area (Å²) in [6.45, 7) is 1.85. The molecular formula is C25H24Cl4N2O2. The second-order valence-electron chi connectivity index (χ2n) is 8.29. The number of β-amino-alcohol motifs (C(OH)–C–C–N with tert-alkyl or cyclic N) is 1. The number of aliphatic hydroxyl groups excluding tert-OH is 1. The molecular weight excluding hydrogens is 502 g/mol. The van der Waals surface area contributed by atoms with Gasteiger partial charge in [-0.2, -0.15) is 0 Å². The predicted octanol–water partition coefficient (Wildman–Crippen LogP) is 6.04. The summed E-state index contributed by atoms with van der Waals surface area (Å²) in [5, 5.41) is 23.8. The minimum Gasteiger partial charge on any atom is -0.393 e. The highest BCUT2D eigenvalue weighted by Crippen LogP contribution is 2.37. The fourth-order valence-electron chi connectivity index (χ4n) is 4.32. The lowest BCUT2D eigenvalue weighted by molar-refractivity contribution is -0.0481. The number of halogens is 4. The summed E-state index contributed by atoms with van der Waals surface area (Å²) in [6.07, 6.45) is 0. The molecule has 2 N–H and O–H groups in total. The Kier molecular flexibility index (Phi) is 7.76. The maximum Gasteiger partial charge on any atom is 0.125 e. The molecule has 1 aliphatic rings. The van der Waals surface area contributed by atoms with Gasteiger partial charge in [-0.25, -0.2) is 0 Å². The predicted molar refractivity (Wildman–Crippen MR) is 137 cm³/mol. The van der Waals surface area contributed by atoms with E-state index in [-0.39, 0.29) is 12.6 Å². The molecule has 0 aliphatic carbocycles. The highest BCUT2D eigenvalue weighted by Gasteiger charge is 2.36. The molecule has 1 aliphatic heterocycles. The zero-order valence-electron chi connectivity index (χ0n) is 17.8. The molecule has 0 radical (unpaired) electrons. The lowest BCUT2D eigenvalue weighted by Crippen LogP contribution is -2.53. The molecule has 0 saturated carbocycles. The minimum atomic E-state index is -1.41. The molecule has 4 nitrogen and oxygen atoms in total. The van der Waals surface area contributed by atoms with Gasteiger partial charge in [-0.3, -0.25) is 4.90 Å². The molecule has 0 bridgehead atoms. The van der Waals surface area contributed by atoms with Crippen LogP contribution in [0.25, 0.3) is 0 Å². The lowest BCUT2D eigenvalue weighted by atomic mass is 9.92. The Labute approximate surface area is 213 Å². The van der Waals surface area contributed by atoms with Gasteiger partial charge in [-0.1, -0.05) is 70.7 Å². The van der Waals surface area contributed by atoms with Gasteiger partial charge in [0.15, 0.2) is 0 Å². The van der Waals surface area contributed by atoms with E-state index in [0.717, 1.165) is 11.3 Å². The van der Waals surface area contributed by atoms with Gasteiger partial charge < -0.3 is 15.1 Å². The molecule has 3 aromatic rings. The standard InChI is InChI=1S/C25H24Cl4N2O2/c26-19-5-1-17(2-6-19)24-14-30(11-12-31(24)23-10-9-21(28)13-22(23)29)15-25(33,16-32)18-3-7-20(27)8-4-18/h1-10,13,24,32-33H,11-12,14-16H2/t24-,25?/m0/s1. The van der Waals surface area contributed by atoms with E-state index in [9.17, 15) is 10.2 Å². The van der Waals surface area contributed by atoms with Crippen molar-refractivity contribution in [1.29, 1.82) is 0 Å². The molecule has 3 aromatic carbocycles.